The molecule has 6 aromatic rings. The fourth-order valence-electron chi connectivity index (χ4n) is 6.59. The van der Waals surface area contributed by atoms with Crippen LogP contribution in [0.25, 0.3) is 22.3 Å². The van der Waals surface area contributed by atoms with Crippen LogP contribution in [0.4, 0.5) is 22.9 Å². The Hall–Kier alpha value is -6.23. The predicted molar refractivity (Wildman–Crippen MR) is 200 cm³/mol. The molecule has 0 N–H and O–H groups in total. The summed E-state index contributed by atoms with van der Waals surface area (Å²) >= 11 is 0. The summed E-state index contributed by atoms with van der Waals surface area (Å²) in [5.74, 6) is 2.03. The van der Waals surface area contributed by atoms with Crippen molar-refractivity contribution < 1.29 is 9.59 Å². The zero-order valence-electron chi connectivity index (χ0n) is 30.5. The number of pyridine rings is 1. The van der Waals surface area contributed by atoms with Gasteiger partial charge in [-0.3, -0.25) is 29.4 Å². The van der Waals surface area contributed by atoms with E-state index >= 15 is 0 Å². The first-order chi connectivity index (χ1) is 24.8. The minimum Gasteiger partial charge on any atom is -0.278 e. The van der Waals surface area contributed by atoms with Crippen molar-refractivity contribution in [3.05, 3.63) is 126 Å². The zero-order valence-corrected chi connectivity index (χ0v) is 30.5. The molecule has 0 radical (unpaired) electrons. The number of rotatable bonds is 4. The predicted octanol–water partition coefficient (Wildman–Crippen LogP) is 7.62. The Balaban J connectivity index is 0.000000162. The van der Waals surface area contributed by atoms with E-state index in [1.54, 1.807) is 47.0 Å². The molecule has 260 valence electrons. The van der Waals surface area contributed by atoms with Gasteiger partial charge in [0.2, 0.25) is 11.8 Å². The maximum Gasteiger partial charge on any atom is 0.242 e. The van der Waals surface area contributed by atoms with Crippen LogP contribution in [-0.4, -0.2) is 46.7 Å². The summed E-state index contributed by atoms with van der Waals surface area (Å²) in [6.07, 6.45) is 14.0. The Bertz CT molecular complexity index is 2340. The van der Waals surface area contributed by atoms with Crippen molar-refractivity contribution in [2.45, 2.75) is 66.2 Å². The molecule has 0 saturated carbocycles. The maximum absolute atomic E-state index is 13.2. The molecule has 2 aromatic carbocycles. The average Bonchev–Trinajstić information content (AvgIpc) is 3.45. The number of carbonyl (C=O) groups is 2. The number of hydrogen-bond acceptors (Lipinski definition) is 9. The van der Waals surface area contributed by atoms with E-state index in [-0.39, 0.29) is 11.8 Å². The monoisotopic (exact) mass is 689 g/mol. The lowest BCUT2D eigenvalue weighted by Crippen LogP contribution is -2.33. The van der Waals surface area contributed by atoms with Crippen LogP contribution >= 0.6 is 0 Å². The summed E-state index contributed by atoms with van der Waals surface area (Å²) in [4.78, 5) is 59.7. The van der Waals surface area contributed by atoms with E-state index in [0.29, 0.717) is 5.82 Å². The van der Waals surface area contributed by atoms with Crippen LogP contribution in [0, 0.1) is 27.7 Å². The van der Waals surface area contributed by atoms with Crippen molar-refractivity contribution in [2.24, 2.45) is 0 Å². The van der Waals surface area contributed by atoms with Crippen LogP contribution in [0.1, 0.15) is 61.7 Å². The summed E-state index contributed by atoms with van der Waals surface area (Å²) in [5.41, 5.74) is 8.91. The van der Waals surface area contributed by atoms with E-state index in [1.807, 2.05) is 110 Å². The van der Waals surface area contributed by atoms with Crippen molar-refractivity contribution in [3.8, 4) is 22.3 Å². The quantitative estimate of drug-likeness (QED) is 0.183. The zero-order chi connectivity index (χ0) is 36.9. The van der Waals surface area contributed by atoms with Crippen molar-refractivity contribution in [2.75, 3.05) is 9.80 Å². The van der Waals surface area contributed by atoms with Crippen LogP contribution in [0.3, 0.4) is 0 Å². The van der Waals surface area contributed by atoms with E-state index in [9.17, 15) is 9.59 Å². The molecular formula is C41H39N9O2. The van der Waals surface area contributed by atoms with Gasteiger partial charge in [0.1, 0.15) is 11.6 Å². The van der Waals surface area contributed by atoms with Crippen LogP contribution < -0.4 is 9.80 Å². The van der Waals surface area contributed by atoms with E-state index in [4.69, 9.17) is 0 Å². The molecular weight excluding hydrogens is 651 g/mol. The lowest BCUT2D eigenvalue weighted by molar-refractivity contribution is -0.122. The number of nitrogens with zero attached hydrogens (tertiary/aromatic N) is 9. The largest absolute Gasteiger partial charge is 0.278 e. The number of amides is 2. The molecule has 0 aliphatic carbocycles. The Morgan fingerprint density at radius 2 is 1.00 bits per heavy atom. The maximum atomic E-state index is 13.2. The number of aromatic nitrogens is 7. The molecule has 2 aliphatic rings. The molecule has 0 fully saturated rings. The van der Waals surface area contributed by atoms with Crippen molar-refractivity contribution >= 4 is 34.7 Å². The van der Waals surface area contributed by atoms with Gasteiger partial charge in [0.15, 0.2) is 5.82 Å². The third kappa shape index (κ3) is 5.97. The first kappa shape index (κ1) is 34.2. The molecule has 6 heterocycles. The highest BCUT2D eigenvalue weighted by atomic mass is 16.2. The van der Waals surface area contributed by atoms with Crippen LogP contribution in [0.15, 0.2) is 92.0 Å². The first-order valence-corrected chi connectivity index (χ1v) is 17.0. The molecule has 0 bridgehead atoms. The molecule has 11 heteroatoms. The molecule has 2 aliphatic heterocycles. The highest BCUT2D eigenvalue weighted by molar-refractivity contribution is 6.13. The van der Waals surface area contributed by atoms with E-state index in [2.05, 4.69) is 34.9 Å². The summed E-state index contributed by atoms with van der Waals surface area (Å²) in [7, 11) is 0. The Morgan fingerprint density at radius 3 is 1.48 bits per heavy atom. The molecule has 0 unspecified atom stereocenters. The minimum atomic E-state index is -0.621. The summed E-state index contributed by atoms with van der Waals surface area (Å²) in [6.45, 7) is 15.4. The number of anilines is 4. The Kier molecular flexibility index (Phi) is 8.44. The number of benzene rings is 2. The van der Waals surface area contributed by atoms with Gasteiger partial charge in [-0.25, -0.2) is 24.9 Å². The van der Waals surface area contributed by atoms with Crippen LogP contribution in [0.5, 0.6) is 0 Å². The molecule has 0 spiro atoms. The van der Waals surface area contributed by atoms with E-state index in [0.717, 1.165) is 73.3 Å². The average molecular weight is 690 g/mol. The second-order valence-electron chi connectivity index (χ2n) is 14.3. The highest BCUT2D eigenvalue weighted by Crippen LogP contribution is 2.47. The highest BCUT2D eigenvalue weighted by Gasteiger charge is 2.46. The summed E-state index contributed by atoms with van der Waals surface area (Å²) < 4.78 is 0. The third-order valence-electron chi connectivity index (χ3n) is 9.64. The second-order valence-corrected chi connectivity index (χ2v) is 14.3. The SMILES string of the molecule is Cc1cnc(N2C(=O)C(C)(C)c3ccc(-c4cnc(C)nc4)cc32)cn1.Cc1cncc(N2C(=O)C(C)(C)c3ccc(-c4cnc(C)nc4)cc32)c1. The molecule has 52 heavy (non-hydrogen) atoms. The molecule has 8 rings (SSSR count). The fraction of sp³-hybridized carbons (Fsp3) is 0.244. The van der Waals surface area contributed by atoms with E-state index < -0.39 is 10.8 Å². The van der Waals surface area contributed by atoms with Crippen molar-refractivity contribution in [3.63, 3.8) is 0 Å². The van der Waals surface area contributed by atoms with Crippen molar-refractivity contribution in [1.29, 1.82) is 0 Å². The molecule has 11 nitrogen and oxygen atoms in total. The number of hydrogen-bond donors (Lipinski definition) is 0. The Morgan fingerprint density at radius 1 is 0.500 bits per heavy atom. The third-order valence-corrected chi connectivity index (χ3v) is 9.64. The van der Waals surface area contributed by atoms with Gasteiger partial charge in [-0.2, -0.15) is 0 Å². The molecule has 2 amide bonds. The lowest BCUT2D eigenvalue weighted by atomic mass is 9.85. The van der Waals surface area contributed by atoms with E-state index in [1.165, 1.54) is 0 Å². The number of aryl methyl sites for hydroxylation is 4. The molecule has 0 saturated heterocycles. The van der Waals surface area contributed by atoms with Gasteiger partial charge >= 0.3 is 0 Å². The lowest BCUT2D eigenvalue weighted by Gasteiger charge is -2.20. The number of carbonyl (C=O) groups excluding carboxylic acids is 2. The minimum absolute atomic E-state index is 0.0111. The summed E-state index contributed by atoms with van der Waals surface area (Å²) in [5, 5.41) is 0. The van der Waals surface area contributed by atoms with Crippen LogP contribution in [0.2, 0.25) is 0 Å². The van der Waals surface area contributed by atoms with Gasteiger partial charge in [-0.15, -0.1) is 0 Å². The Labute approximate surface area is 302 Å². The summed E-state index contributed by atoms with van der Waals surface area (Å²) in [6, 6.07) is 14.1. The number of fused-ring (bicyclic) bond motifs is 2. The van der Waals surface area contributed by atoms with Gasteiger partial charge < -0.3 is 0 Å². The standard InChI is InChI=1S/C21H20N4O.C20H19N5O/c1-13-7-17(12-22-9-13)25-19-8-15(16-10-23-14(2)24-11-16)5-6-18(19)21(3,4)20(25)26;1-12-8-24-18(11-21-12)25-17-7-14(15-9-22-13(2)23-10-15)5-6-16(17)20(3,4)19(25)26/h5-12H,1-4H3;5-11H,1-4H3. The van der Waals surface area contributed by atoms with Gasteiger partial charge in [-0.1, -0.05) is 24.3 Å². The first-order valence-electron chi connectivity index (χ1n) is 17.0. The van der Waals surface area contributed by atoms with Gasteiger partial charge in [0.25, 0.3) is 0 Å². The molecule has 0 atom stereocenters. The second kappa shape index (κ2) is 12.8. The topological polar surface area (TPSA) is 131 Å². The van der Waals surface area contributed by atoms with Crippen molar-refractivity contribution in [1.82, 2.24) is 34.9 Å². The fourth-order valence-corrected chi connectivity index (χ4v) is 6.59. The van der Waals surface area contributed by atoms with Gasteiger partial charge in [-0.05, 0) is 101 Å². The van der Waals surface area contributed by atoms with Crippen LogP contribution in [-0.2, 0) is 20.4 Å². The normalized spacial score (nSPS) is 15.2. The van der Waals surface area contributed by atoms with Gasteiger partial charge in [0.05, 0.1) is 52.2 Å². The smallest absolute Gasteiger partial charge is 0.242 e. The van der Waals surface area contributed by atoms with Gasteiger partial charge in [0, 0.05) is 42.1 Å². The molecule has 4 aromatic heterocycles.